The van der Waals surface area contributed by atoms with Crippen LogP contribution < -0.4 is 39.3 Å². The van der Waals surface area contributed by atoms with Crippen molar-refractivity contribution < 1.29 is 58.7 Å². The number of nitrogens with two attached hydrogens (primary N) is 5. The van der Waals surface area contributed by atoms with Gasteiger partial charge < -0.3 is 69.2 Å². The second-order valence-electron chi connectivity index (χ2n) is 11.4. The summed E-state index contributed by atoms with van der Waals surface area (Å²) in [5.74, 6) is -4.73. The number of esters is 3. The van der Waals surface area contributed by atoms with Gasteiger partial charge in [-0.15, -0.1) is 0 Å². The number of aliphatic carboxylic acids is 3. The molecule has 0 unspecified atom stereocenters. The number of carbonyl (C=O) groups is 6. The molecule has 19 heteroatoms. The average molecular weight is 716 g/mol. The molecule has 6 atom stereocenters. The Kier molecular flexibility index (Phi) is 23.5. The Labute approximate surface area is 290 Å². The van der Waals surface area contributed by atoms with E-state index in [9.17, 15) is 28.8 Å². The third-order valence-electron chi connectivity index (χ3n) is 6.98. The lowest BCUT2D eigenvalue weighted by Gasteiger charge is -2.11. The second-order valence-corrected chi connectivity index (χ2v) is 11.4. The molecule has 0 saturated carbocycles. The fourth-order valence-electron chi connectivity index (χ4n) is 3.99. The molecule has 2 saturated heterocycles. The number of nitrogens with one attached hydrogen (secondary N) is 2. The maximum Gasteiger partial charge on any atom is 0.330 e. The van der Waals surface area contributed by atoms with Gasteiger partial charge in [-0.25, -0.2) is 9.59 Å². The first kappa shape index (κ1) is 45.8. The minimum Gasteiger partial charge on any atom is -0.508 e. The van der Waals surface area contributed by atoms with E-state index in [4.69, 9.17) is 53.8 Å². The molecular formula is C31H53N7O12. The van der Waals surface area contributed by atoms with Crippen LogP contribution in [-0.4, -0.2) is 119 Å². The van der Waals surface area contributed by atoms with Crippen molar-refractivity contribution in [3.8, 4) is 5.75 Å². The van der Waals surface area contributed by atoms with Crippen molar-refractivity contribution in [2.75, 3.05) is 26.2 Å². The first-order chi connectivity index (χ1) is 23.5. The zero-order valence-corrected chi connectivity index (χ0v) is 28.2. The Morgan fingerprint density at radius 1 is 0.800 bits per heavy atom. The summed E-state index contributed by atoms with van der Waals surface area (Å²) < 4.78 is 9.23. The lowest BCUT2D eigenvalue weighted by atomic mass is 10.1. The highest BCUT2D eigenvalue weighted by atomic mass is 16.6. The van der Waals surface area contributed by atoms with E-state index in [0.717, 1.165) is 57.2 Å². The number of hydrogen-bond acceptors (Lipinski definition) is 16. The standard InChI is InChI=1S/C12H16N2O4.C8H14N2O4.C6H14N2O2.C5H9NO2/c1-7(13)11(16)18-12(17)10(14)6-8-2-4-9(15)5-3-8;9-5(7(11)12)4-14-8(13)6-2-1-3-10-6;7-4-2-1-3-5(8)6(9)10;7-5(8)4-2-1-3-6-4/h2-5,7,10,15H,6,13-14H2,1H3;5-6,10H,1-4,9H2,(H,11,12);5H,1-4,7-8H2,(H,9,10);4,6H,1-3H2,(H,7,8)/t7-,10-;5-,6-;5-;4-/m0000/s1. The molecule has 284 valence electrons. The van der Waals surface area contributed by atoms with Gasteiger partial charge in [0.15, 0.2) is 0 Å². The minimum absolute atomic E-state index is 0.127. The summed E-state index contributed by atoms with van der Waals surface area (Å²) in [6.07, 6.45) is 5.83. The van der Waals surface area contributed by atoms with Crippen LogP contribution in [0, 0.1) is 0 Å². The number of hydrogen-bond donors (Lipinski definition) is 11. The van der Waals surface area contributed by atoms with Crippen molar-refractivity contribution in [1.82, 2.24) is 10.6 Å². The van der Waals surface area contributed by atoms with Crippen molar-refractivity contribution in [1.29, 1.82) is 0 Å². The van der Waals surface area contributed by atoms with Gasteiger partial charge in [0.2, 0.25) is 0 Å². The molecule has 0 bridgehead atoms. The molecule has 0 aliphatic carbocycles. The molecule has 1 aromatic carbocycles. The van der Waals surface area contributed by atoms with E-state index in [-0.39, 0.29) is 30.9 Å². The molecule has 0 radical (unpaired) electrons. The normalized spacial score (nSPS) is 18.5. The van der Waals surface area contributed by atoms with E-state index in [1.165, 1.54) is 19.1 Å². The van der Waals surface area contributed by atoms with Crippen LogP contribution in [0.15, 0.2) is 24.3 Å². The van der Waals surface area contributed by atoms with Gasteiger partial charge in [0.25, 0.3) is 0 Å². The van der Waals surface area contributed by atoms with E-state index in [2.05, 4.69) is 15.4 Å². The molecule has 0 aromatic heterocycles. The average Bonchev–Trinajstić information content (AvgIpc) is 3.81. The summed E-state index contributed by atoms with van der Waals surface area (Å²) >= 11 is 0. The van der Waals surface area contributed by atoms with E-state index >= 15 is 0 Å². The molecule has 1 aromatic rings. The fourth-order valence-corrected chi connectivity index (χ4v) is 3.99. The molecule has 2 aliphatic rings. The van der Waals surface area contributed by atoms with Crippen LogP contribution in [0.2, 0.25) is 0 Å². The molecule has 2 fully saturated rings. The third-order valence-corrected chi connectivity index (χ3v) is 6.98. The van der Waals surface area contributed by atoms with Gasteiger partial charge in [-0.05, 0) is 89.2 Å². The number of carbonyl (C=O) groups excluding carboxylic acids is 3. The molecule has 16 N–H and O–H groups in total. The van der Waals surface area contributed by atoms with Crippen molar-refractivity contribution in [3.05, 3.63) is 29.8 Å². The van der Waals surface area contributed by atoms with E-state index < -0.39 is 60.0 Å². The minimum atomic E-state index is -1.17. The van der Waals surface area contributed by atoms with Crippen LogP contribution in [0.4, 0.5) is 0 Å². The highest BCUT2D eigenvalue weighted by Gasteiger charge is 2.25. The fraction of sp³-hybridized carbons (Fsp3) is 0.613. The maximum absolute atomic E-state index is 11.5. The highest BCUT2D eigenvalue weighted by Crippen LogP contribution is 2.11. The van der Waals surface area contributed by atoms with Gasteiger partial charge in [0.1, 0.15) is 48.6 Å². The first-order valence-corrected chi connectivity index (χ1v) is 16.1. The zero-order chi connectivity index (χ0) is 38.2. The number of phenols is 1. The van der Waals surface area contributed by atoms with Crippen LogP contribution in [0.25, 0.3) is 0 Å². The van der Waals surface area contributed by atoms with Crippen LogP contribution in [0.3, 0.4) is 0 Å². The quantitative estimate of drug-likeness (QED) is 0.0549. The van der Waals surface area contributed by atoms with Gasteiger partial charge in [-0.3, -0.25) is 19.2 Å². The number of rotatable bonds is 14. The monoisotopic (exact) mass is 715 g/mol. The Hall–Kier alpha value is -4.24. The molecule has 50 heavy (non-hydrogen) atoms. The summed E-state index contributed by atoms with van der Waals surface area (Å²) in [6.45, 7) is 3.40. The maximum atomic E-state index is 11.5. The largest absolute Gasteiger partial charge is 0.508 e. The molecule has 2 heterocycles. The number of benzene rings is 1. The summed E-state index contributed by atoms with van der Waals surface area (Å²) in [4.78, 5) is 64.4. The van der Waals surface area contributed by atoms with Gasteiger partial charge >= 0.3 is 35.8 Å². The summed E-state index contributed by atoms with van der Waals surface area (Å²) in [6, 6.07) is 2.01. The molecule has 0 spiro atoms. The number of ether oxygens (including phenoxy) is 2. The molecular weight excluding hydrogens is 662 g/mol. The zero-order valence-electron chi connectivity index (χ0n) is 28.2. The van der Waals surface area contributed by atoms with E-state index in [1.807, 2.05) is 0 Å². The highest BCUT2D eigenvalue weighted by molar-refractivity contribution is 5.90. The topological polar surface area (TPSA) is 356 Å². The number of unbranched alkanes of at least 4 members (excludes halogenated alkanes) is 1. The van der Waals surface area contributed by atoms with Gasteiger partial charge in [0.05, 0.1) is 0 Å². The molecule has 2 aliphatic heterocycles. The molecule has 19 nitrogen and oxygen atoms in total. The van der Waals surface area contributed by atoms with Gasteiger partial charge in [-0.2, -0.15) is 0 Å². The van der Waals surface area contributed by atoms with E-state index in [1.54, 1.807) is 12.1 Å². The molecule has 3 rings (SSSR count). The van der Waals surface area contributed by atoms with E-state index in [0.29, 0.717) is 13.0 Å². The van der Waals surface area contributed by atoms with Crippen LogP contribution in [-0.2, 0) is 44.7 Å². The lowest BCUT2D eigenvalue weighted by molar-refractivity contribution is -0.161. The first-order valence-electron chi connectivity index (χ1n) is 16.1. The predicted molar refractivity (Wildman–Crippen MR) is 179 cm³/mol. The predicted octanol–water partition coefficient (Wildman–Crippen LogP) is -2.28. The summed E-state index contributed by atoms with van der Waals surface area (Å²) in [7, 11) is 0. The lowest BCUT2D eigenvalue weighted by Crippen LogP contribution is -2.39. The molecule has 0 amide bonds. The van der Waals surface area contributed by atoms with Crippen molar-refractivity contribution in [3.63, 3.8) is 0 Å². The van der Waals surface area contributed by atoms with Crippen molar-refractivity contribution in [2.24, 2.45) is 28.7 Å². The Balaban J connectivity index is 0.000000670. The number of aromatic hydroxyl groups is 1. The number of phenolic OH excluding ortho intramolecular Hbond substituents is 1. The van der Waals surface area contributed by atoms with Crippen molar-refractivity contribution in [2.45, 2.75) is 94.5 Å². The third kappa shape index (κ3) is 21.0. The summed E-state index contributed by atoms with van der Waals surface area (Å²) in [5, 5.41) is 40.0. The van der Waals surface area contributed by atoms with Crippen LogP contribution in [0.5, 0.6) is 5.75 Å². The van der Waals surface area contributed by atoms with Gasteiger partial charge in [-0.1, -0.05) is 18.6 Å². The Morgan fingerprint density at radius 2 is 1.34 bits per heavy atom. The smallest absolute Gasteiger partial charge is 0.330 e. The number of carboxylic acids is 3. The van der Waals surface area contributed by atoms with Crippen LogP contribution in [0.1, 0.15) is 57.4 Å². The Morgan fingerprint density at radius 3 is 1.76 bits per heavy atom. The SMILES string of the molecule is C[C@H](N)C(=O)OC(=O)[C@@H](N)Cc1ccc(O)cc1.NCCCC[C@H](N)C(=O)O.N[C@@H](COC(=O)[C@@H]1CCCN1)C(=O)O.O=C(O)[C@@H]1CCCN1. The van der Waals surface area contributed by atoms with Gasteiger partial charge in [0, 0.05) is 0 Å². The number of carboxylic acid groups (broad SMARTS) is 3. The van der Waals surface area contributed by atoms with Crippen molar-refractivity contribution >= 4 is 35.8 Å². The second kappa shape index (κ2) is 25.7. The van der Waals surface area contributed by atoms with Crippen LogP contribution >= 0.6 is 0 Å². The summed E-state index contributed by atoms with van der Waals surface area (Å²) in [5.41, 5.74) is 27.2. The Bertz CT molecular complexity index is 1190.